The third-order valence-corrected chi connectivity index (χ3v) is 2.87. The van der Waals surface area contributed by atoms with Crippen LogP contribution < -0.4 is 5.32 Å². The summed E-state index contributed by atoms with van der Waals surface area (Å²) in [7, 11) is 3.31. The van der Waals surface area contributed by atoms with E-state index in [0.717, 1.165) is 19.3 Å². The van der Waals surface area contributed by atoms with Gasteiger partial charge in [0.15, 0.2) is 0 Å². The summed E-state index contributed by atoms with van der Waals surface area (Å²) in [4.78, 5) is 24.1. The zero-order valence-corrected chi connectivity index (χ0v) is 10.5. The maximum atomic E-state index is 12.0. The Morgan fingerprint density at radius 1 is 1.19 bits per heavy atom. The second kappa shape index (κ2) is 5.94. The molecule has 1 aliphatic rings. The van der Waals surface area contributed by atoms with Crippen molar-refractivity contribution in [1.29, 1.82) is 0 Å². The Bertz CT molecular complexity index is 263. The summed E-state index contributed by atoms with van der Waals surface area (Å²) in [6.45, 7) is 0. The van der Waals surface area contributed by atoms with E-state index in [1.54, 1.807) is 14.1 Å². The van der Waals surface area contributed by atoms with E-state index in [0.29, 0.717) is 12.8 Å². The van der Waals surface area contributed by atoms with Gasteiger partial charge in [0.1, 0.15) is 5.54 Å². The lowest BCUT2D eigenvalue weighted by molar-refractivity contribution is -0.137. The molecular formula is C10H19ClN2O3. The van der Waals surface area contributed by atoms with Gasteiger partial charge in [0, 0.05) is 14.1 Å². The summed E-state index contributed by atoms with van der Waals surface area (Å²) in [6.07, 6.45) is 2.97. The van der Waals surface area contributed by atoms with Crippen molar-refractivity contribution in [2.45, 2.75) is 37.6 Å². The van der Waals surface area contributed by atoms with Crippen LogP contribution in [0.15, 0.2) is 0 Å². The molecule has 0 unspecified atom stereocenters. The number of likely N-dealkylation sites (N-methyl/N-ethyl adjacent to an activating group) is 1. The second-order valence-electron chi connectivity index (χ2n) is 4.27. The molecule has 1 rings (SSSR count). The molecule has 0 aromatic heterocycles. The van der Waals surface area contributed by atoms with E-state index in [1.807, 2.05) is 0 Å². The Hall–Kier alpha value is -0.970. The van der Waals surface area contributed by atoms with E-state index >= 15 is 0 Å². The monoisotopic (exact) mass is 250 g/mol. The number of nitrogens with one attached hydrogen (secondary N) is 1. The average Bonchev–Trinajstić information content (AvgIpc) is 2.16. The number of rotatable bonds is 2. The molecular weight excluding hydrogens is 232 g/mol. The third kappa shape index (κ3) is 3.27. The zero-order chi connectivity index (χ0) is 11.5. The van der Waals surface area contributed by atoms with Crippen LogP contribution in [-0.2, 0) is 4.79 Å². The molecule has 6 heteroatoms. The maximum Gasteiger partial charge on any atom is 0.405 e. The quantitative estimate of drug-likeness (QED) is 0.780. The van der Waals surface area contributed by atoms with Crippen LogP contribution in [0.4, 0.5) is 4.79 Å². The van der Waals surface area contributed by atoms with E-state index < -0.39 is 11.6 Å². The molecule has 0 aliphatic heterocycles. The molecule has 1 fully saturated rings. The highest BCUT2D eigenvalue weighted by molar-refractivity contribution is 5.89. The van der Waals surface area contributed by atoms with E-state index in [2.05, 4.69) is 5.32 Å². The Morgan fingerprint density at radius 3 is 2.06 bits per heavy atom. The number of carboxylic acid groups (broad SMARTS) is 1. The topological polar surface area (TPSA) is 69.6 Å². The van der Waals surface area contributed by atoms with Crippen LogP contribution in [0.1, 0.15) is 32.1 Å². The van der Waals surface area contributed by atoms with E-state index in [-0.39, 0.29) is 18.3 Å². The van der Waals surface area contributed by atoms with Crippen LogP contribution in [0.2, 0.25) is 0 Å². The van der Waals surface area contributed by atoms with Crippen LogP contribution in [0, 0.1) is 0 Å². The highest BCUT2D eigenvalue weighted by Gasteiger charge is 2.41. The fourth-order valence-corrected chi connectivity index (χ4v) is 2.18. The van der Waals surface area contributed by atoms with Crippen LogP contribution in [0.25, 0.3) is 0 Å². The summed E-state index contributed by atoms with van der Waals surface area (Å²) in [5.41, 5.74) is -0.881. The normalized spacial score (nSPS) is 18.1. The molecule has 0 aromatic carbocycles. The van der Waals surface area contributed by atoms with Crippen molar-refractivity contribution in [2.75, 3.05) is 14.1 Å². The van der Waals surface area contributed by atoms with Crippen molar-refractivity contribution in [3.05, 3.63) is 0 Å². The van der Waals surface area contributed by atoms with Crippen molar-refractivity contribution in [2.24, 2.45) is 0 Å². The van der Waals surface area contributed by atoms with Crippen LogP contribution in [0.5, 0.6) is 0 Å². The predicted octanol–water partition coefficient (Wildman–Crippen LogP) is 1.47. The molecule has 94 valence electrons. The average molecular weight is 251 g/mol. The molecule has 0 heterocycles. The minimum Gasteiger partial charge on any atom is -0.465 e. The number of carbonyl (C=O) groups is 2. The summed E-state index contributed by atoms with van der Waals surface area (Å²) in [5, 5.41) is 11.2. The number of nitrogens with zero attached hydrogens (tertiary/aromatic N) is 1. The standard InChI is InChI=1S/C10H18N2O3.ClH/c1-12(2)8(13)10(11-9(14)15)6-4-3-5-7-10;/h11H,3-7H2,1-2H3,(H,14,15);1H. The molecule has 2 amide bonds. The van der Waals surface area contributed by atoms with Gasteiger partial charge in [0.2, 0.25) is 5.91 Å². The van der Waals surface area contributed by atoms with E-state index in [9.17, 15) is 9.59 Å². The fourth-order valence-electron chi connectivity index (χ4n) is 2.18. The van der Waals surface area contributed by atoms with Gasteiger partial charge in [-0.05, 0) is 12.8 Å². The second-order valence-corrected chi connectivity index (χ2v) is 4.27. The molecule has 0 aromatic rings. The lowest BCUT2D eigenvalue weighted by Crippen LogP contribution is -2.59. The summed E-state index contributed by atoms with van der Waals surface area (Å²) >= 11 is 0. The summed E-state index contributed by atoms with van der Waals surface area (Å²) < 4.78 is 0. The first-order valence-electron chi connectivity index (χ1n) is 5.21. The number of hydrogen-bond acceptors (Lipinski definition) is 2. The zero-order valence-electron chi connectivity index (χ0n) is 9.65. The van der Waals surface area contributed by atoms with Gasteiger partial charge >= 0.3 is 6.09 Å². The number of halogens is 1. The molecule has 1 aliphatic carbocycles. The fraction of sp³-hybridized carbons (Fsp3) is 0.800. The van der Waals surface area contributed by atoms with Gasteiger partial charge in [0.25, 0.3) is 0 Å². The van der Waals surface area contributed by atoms with Crippen LogP contribution in [0.3, 0.4) is 0 Å². The molecule has 2 N–H and O–H groups in total. The molecule has 0 spiro atoms. The molecule has 1 saturated carbocycles. The van der Waals surface area contributed by atoms with Crippen molar-refractivity contribution in [1.82, 2.24) is 10.2 Å². The lowest BCUT2D eigenvalue weighted by Gasteiger charge is -2.37. The SMILES string of the molecule is CN(C)C(=O)C1(NC(=O)O)CCCCC1.Cl. The first-order valence-corrected chi connectivity index (χ1v) is 5.21. The summed E-state index contributed by atoms with van der Waals surface area (Å²) in [5.74, 6) is -0.135. The highest BCUT2D eigenvalue weighted by Crippen LogP contribution is 2.29. The molecule has 0 radical (unpaired) electrons. The summed E-state index contributed by atoms with van der Waals surface area (Å²) in [6, 6.07) is 0. The van der Waals surface area contributed by atoms with Gasteiger partial charge in [-0.15, -0.1) is 12.4 Å². The van der Waals surface area contributed by atoms with Crippen molar-refractivity contribution in [3.63, 3.8) is 0 Å². The molecule has 0 saturated heterocycles. The van der Waals surface area contributed by atoms with Gasteiger partial charge in [-0.1, -0.05) is 19.3 Å². The smallest absolute Gasteiger partial charge is 0.405 e. The van der Waals surface area contributed by atoms with Gasteiger partial charge < -0.3 is 15.3 Å². The number of carbonyl (C=O) groups excluding carboxylic acids is 1. The predicted molar refractivity (Wildman–Crippen MR) is 62.9 cm³/mol. The minimum atomic E-state index is -1.12. The van der Waals surface area contributed by atoms with Crippen LogP contribution in [-0.4, -0.2) is 41.6 Å². The Labute approximate surface area is 102 Å². The first kappa shape index (κ1) is 15.0. The van der Waals surface area contributed by atoms with Gasteiger partial charge in [-0.25, -0.2) is 4.79 Å². The minimum absolute atomic E-state index is 0. The van der Waals surface area contributed by atoms with Gasteiger partial charge in [-0.2, -0.15) is 0 Å². The number of hydrogen-bond donors (Lipinski definition) is 2. The first-order chi connectivity index (χ1) is 6.98. The molecule has 0 atom stereocenters. The molecule has 0 bridgehead atoms. The van der Waals surface area contributed by atoms with E-state index in [4.69, 9.17) is 5.11 Å². The number of amides is 2. The van der Waals surface area contributed by atoms with Crippen molar-refractivity contribution < 1.29 is 14.7 Å². The van der Waals surface area contributed by atoms with Crippen LogP contribution >= 0.6 is 12.4 Å². The third-order valence-electron chi connectivity index (χ3n) is 2.87. The van der Waals surface area contributed by atoms with Crippen molar-refractivity contribution in [3.8, 4) is 0 Å². The largest absolute Gasteiger partial charge is 0.465 e. The Balaban J connectivity index is 0.00000225. The molecule has 5 nitrogen and oxygen atoms in total. The van der Waals surface area contributed by atoms with E-state index in [1.165, 1.54) is 4.90 Å². The lowest BCUT2D eigenvalue weighted by atomic mass is 9.80. The van der Waals surface area contributed by atoms with Gasteiger partial charge in [-0.3, -0.25) is 4.79 Å². The molecule has 16 heavy (non-hydrogen) atoms. The maximum absolute atomic E-state index is 12.0. The highest BCUT2D eigenvalue weighted by atomic mass is 35.5. The Morgan fingerprint density at radius 2 is 1.69 bits per heavy atom. The Kier molecular flexibility index (Phi) is 5.58. The van der Waals surface area contributed by atoms with Crippen molar-refractivity contribution >= 4 is 24.4 Å². The van der Waals surface area contributed by atoms with Gasteiger partial charge in [0.05, 0.1) is 0 Å².